The van der Waals surface area contributed by atoms with Gasteiger partial charge in [-0.1, -0.05) is 121 Å². The molecule has 0 aliphatic heterocycles. The third-order valence-electron chi connectivity index (χ3n) is 6.40. The Morgan fingerprint density at radius 1 is 0.553 bits per heavy atom. The van der Waals surface area contributed by atoms with E-state index in [1.54, 1.807) is 0 Å². The van der Waals surface area contributed by atoms with Crippen LogP contribution in [0.3, 0.4) is 0 Å². The van der Waals surface area contributed by atoms with Gasteiger partial charge in [0.2, 0.25) is 0 Å². The van der Waals surface area contributed by atoms with Crippen LogP contribution in [0.4, 0.5) is 0 Å². The fourth-order valence-corrected chi connectivity index (χ4v) is 4.24. The molecule has 4 rings (SSSR count). The Morgan fingerprint density at radius 2 is 1.00 bits per heavy atom. The van der Waals surface area contributed by atoms with Gasteiger partial charge in [0.25, 0.3) is 0 Å². The van der Waals surface area contributed by atoms with Crippen molar-refractivity contribution in [1.29, 1.82) is 0 Å². The molecule has 0 bridgehead atoms. The quantitative estimate of drug-likeness (QED) is 0.224. The molecule has 0 radical (unpaired) electrons. The zero-order chi connectivity index (χ0) is 26.6. The highest BCUT2D eigenvalue weighted by Gasteiger charge is 2.36. The number of aryl methyl sites for hydroxylation is 1. The second-order valence-electron chi connectivity index (χ2n) is 9.45. The van der Waals surface area contributed by atoms with Gasteiger partial charge in [-0.3, -0.25) is 0 Å². The standard InChI is InChI=1S/C33H36O5/c1-25-17-19-29(20-18-25)31(35)33(38-23-28-15-9-4-10-16-28)32(37-22-27-13-7-3-8-14-27)30(34)24-36-21-26-11-5-2-6-12-26/h2-20,30-35H,21-24H2,1H3/t30-,31?,32+,33+/m1/s1. The fourth-order valence-electron chi connectivity index (χ4n) is 4.24. The van der Waals surface area contributed by atoms with Crippen LogP contribution in [0.1, 0.15) is 33.9 Å². The third-order valence-corrected chi connectivity index (χ3v) is 6.40. The zero-order valence-corrected chi connectivity index (χ0v) is 21.7. The minimum atomic E-state index is -1.04. The molecule has 0 spiro atoms. The van der Waals surface area contributed by atoms with Crippen molar-refractivity contribution in [2.24, 2.45) is 0 Å². The summed E-state index contributed by atoms with van der Waals surface area (Å²) in [6.45, 7) is 2.91. The molecule has 5 heteroatoms. The van der Waals surface area contributed by atoms with Gasteiger partial charge in [-0.15, -0.1) is 0 Å². The van der Waals surface area contributed by atoms with Crippen molar-refractivity contribution < 1.29 is 24.4 Å². The Morgan fingerprint density at radius 3 is 1.50 bits per heavy atom. The lowest BCUT2D eigenvalue weighted by atomic mass is 9.96. The summed E-state index contributed by atoms with van der Waals surface area (Å²) in [6, 6.07) is 37.0. The van der Waals surface area contributed by atoms with E-state index in [2.05, 4.69) is 0 Å². The second kappa shape index (κ2) is 14.6. The lowest BCUT2D eigenvalue weighted by molar-refractivity contribution is -0.177. The summed E-state index contributed by atoms with van der Waals surface area (Å²) in [4.78, 5) is 0. The summed E-state index contributed by atoms with van der Waals surface area (Å²) < 4.78 is 18.5. The molecule has 0 aromatic heterocycles. The van der Waals surface area contributed by atoms with E-state index in [0.29, 0.717) is 12.2 Å². The van der Waals surface area contributed by atoms with E-state index < -0.39 is 24.4 Å². The zero-order valence-electron chi connectivity index (χ0n) is 21.7. The highest BCUT2D eigenvalue weighted by Crippen LogP contribution is 2.27. The van der Waals surface area contributed by atoms with Crippen LogP contribution in [0, 0.1) is 6.92 Å². The van der Waals surface area contributed by atoms with Crippen LogP contribution in [0.2, 0.25) is 0 Å². The van der Waals surface area contributed by atoms with Gasteiger partial charge >= 0.3 is 0 Å². The van der Waals surface area contributed by atoms with Crippen molar-refractivity contribution in [3.63, 3.8) is 0 Å². The minimum Gasteiger partial charge on any atom is -0.388 e. The Hall–Kier alpha value is -3.32. The Bertz CT molecular complexity index is 1180. The first-order valence-electron chi connectivity index (χ1n) is 13.0. The molecule has 1 unspecified atom stereocenters. The van der Waals surface area contributed by atoms with Crippen LogP contribution in [0.25, 0.3) is 0 Å². The van der Waals surface area contributed by atoms with Crippen molar-refractivity contribution in [3.05, 3.63) is 143 Å². The van der Waals surface area contributed by atoms with E-state index >= 15 is 0 Å². The van der Waals surface area contributed by atoms with Crippen molar-refractivity contribution >= 4 is 0 Å². The first-order valence-corrected chi connectivity index (χ1v) is 13.0. The van der Waals surface area contributed by atoms with Gasteiger partial charge in [0.05, 0.1) is 26.4 Å². The first-order chi connectivity index (χ1) is 18.6. The summed E-state index contributed by atoms with van der Waals surface area (Å²) >= 11 is 0. The maximum absolute atomic E-state index is 11.5. The van der Waals surface area contributed by atoms with Gasteiger partial charge in [0.15, 0.2) is 0 Å². The van der Waals surface area contributed by atoms with Crippen LogP contribution < -0.4 is 0 Å². The maximum atomic E-state index is 11.5. The number of rotatable bonds is 14. The summed E-state index contributed by atoms with van der Waals surface area (Å²) in [5, 5.41) is 22.8. The maximum Gasteiger partial charge on any atom is 0.117 e. The molecule has 0 aliphatic carbocycles. The van der Waals surface area contributed by atoms with Crippen LogP contribution in [-0.4, -0.2) is 35.1 Å². The molecule has 2 N–H and O–H groups in total. The number of aliphatic hydroxyl groups excluding tert-OH is 2. The molecule has 4 aromatic rings. The molecule has 38 heavy (non-hydrogen) atoms. The summed E-state index contributed by atoms with van der Waals surface area (Å²) in [5.41, 5.74) is 4.72. The number of benzene rings is 4. The van der Waals surface area contributed by atoms with Gasteiger partial charge in [-0.05, 0) is 29.2 Å². The predicted molar refractivity (Wildman–Crippen MR) is 148 cm³/mol. The Labute approximate surface area is 225 Å². The summed E-state index contributed by atoms with van der Waals surface area (Å²) in [7, 11) is 0. The number of hydrogen-bond donors (Lipinski definition) is 2. The number of aliphatic hydroxyl groups is 2. The molecule has 0 saturated heterocycles. The summed E-state index contributed by atoms with van der Waals surface area (Å²) in [6.07, 6.45) is -3.77. The monoisotopic (exact) mass is 512 g/mol. The van der Waals surface area contributed by atoms with Crippen LogP contribution in [-0.2, 0) is 34.0 Å². The van der Waals surface area contributed by atoms with E-state index in [1.165, 1.54) is 0 Å². The van der Waals surface area contributed by atoms with Gasteiger partial charge in [-0.25, -0.2) is 0 Å². The molecule has 4 atom stereocenters. The van der Waals surface area contributed by atoms with Gasteiger partial charge < -0.3 is 24.4 Å². The molecule has 0 fully saturated rings. The average Bonchev–Trinajstić information content (AvgIpc) is 2.96. The molecule has 198 valence electrons. The molecular weight excluding hydrogens is 476 g/mol. The van der Waals surface area contributed by atoms with Crippen molar-refractivity contribution in [1.82, 2.24) is 0 Å². The van der Waals surface area contributed by atoms with Gasteiger partial charge in [-0.2, -0.15) is 0 Å². The van der Waals surface area contributed by atoms with Crippen molar-refractivity contribution in [2.75, 3.05) is 6.61 Å². The van der Waals surface area contributed by atoms with E-state index in [0.717, 1.165) is 22.3 Å². The molecule has 0 aliphatic rings. The molecule has 4 aromatic carbocycles. The SMILES string of the molecule is Cc1ccc(C(O)[C@H](OCc2ccccc2)[C@@H](OCc2ccccc2)[C@H](O)COCc2ccccc2)cc1. The Kier molecular flexibility index (Phi) is 10.6. The van der Waals surface area contributed by atoms with E-state index in [4.69, 9.17) is 14.2 Å². The van der Waals surface area contributed by atoms with Crippen molar-refractivity contribution in [3.8, 4) is 0 Å². The summed E-state index contributed by atoms with van der Waals surface area (Å²) in [5.74, 6) is 0. The lowest BCUT2D eigenvalue weighted by Crippen LogP contribution is -2.46. The average molecular weight is 513 g/mol. The fraction of sp³-hybridized carbons (Fsp3) is 0.273. The lowest BCUT2D eigenvalue weighted by Gasteiger charge is -2.34. The number of hydrogen-bond acceptors (Lipinski definition) is 5. The number of ether oxygens (including phenoxy) is 3. The highest BCUT2D eigenvalue weighted by atomic mass is 16.6. The topological polar surface area (TPSA) is 68.2 Å². The second-order valence-corrected chi connectivity index (χ2v) is 9.45. The van der Waals surface area contributed by atoms with Crippen LogP contribution in [0.15, 0.2) is 115 Å². The van der Waals surface area contributed by atoms with Crippen molar-refractivity contribution in [2.45, 2.75) is 51.2 Å². The molecular formula is C33H36O5. The molecule has 0 amide bonds. The molecule has 0 saturated carbocycles. The van der Waals surface area contributed by atoms with Crippen LogP contribution in [0.5, 0.6) is 0 Å². The minimum absolute atomic E-state index is 0.0279. The van der Waals surface area contributed by atoms with Gasteiger partial charge in [0.1, 0.15) is 24.4 Å². The van der Waals surface area contributed by atoms with E-state index in [1.807, 2.05) is 122 Å². The van der Waals surface area contributed by atoms with E-state index in [-0.39, 0.29) is 19.8 Å². The predicted octanol–water partition coefficient (Wildman–Crippen LogP) is 5.78. The van der Waals surface area contributed by atoms with E-state index in [9.17, 15) is 10.2 Å². The molecule has 0 heterocycles. The third kappa shape index (κ3) is 8.35. The Balaban J connectivity index is 1.55. The highest BCUT2D eigenvalue weighted by molar-refractivity contribution is 5.24. The largest absolute Gasteiger partial charge is 0.388 e. The molecule has 5 nitrogen and oxygen atoms in total. The normalized spacial score (nSPS) is 14.5. The van der Waals surface area contributed by atoms with Gasteiger partial charge in [0, 0.05) is 0 Å². The smallest absolute Gasteiger partial charge is 0.117 e. The first kappa shape index (κ1) is 27.7. The van der Waals surface area contributed by atoms with Crippen LogP contribution >= 0.6 is 0 Å².